The van der Waals surface area contributed by atoms with Crippen molar-refractivity contribution < 1.29 is 0 Å². The Kier molecular flexibility index (Phi) is 3.63. The Balaban J connectivity index is 2.65. The molecule has 0 aromatic heterocycles. The molecule has 0 saturated heterocycles. The van der Waals surface area contributed by atoms with E-state index in [4.69, 9.17) is 0 Å². The molecule has 58 valence electrons. The summed E-state index contributed by atoms with van der Waals surface area (Å²) in [5.41, 5.74) is 1.27. The van der Waals surface area contributed by atoms with Gasteiger partial charge in [-0.2, -0.15) is 0 Å². The average Bonchev–Trinajstić information content (AvgIpc) is 2.03. The summed E-state index contributed by atoms with van der Waals surface area (Å²) in [4.78, 5) is 0. The van der Waals surface area contributed by atoms with Crippen molar-refractivity contribution in [2.75, 3.05) is 0 Å². The van der Waals surface area contributed by atoms with Crippen LogP contribution in [-0.4, -0.2) is 3.92 Å². The molecule has 0 radical (unpaired) electrons. The molecule has 0 aliphatic carbocycles. The lowest BCUT2D eigenvalue weighted by atomic mass is 10.2. The zero-order chi connectivity index (χ0) is 8.10. The van der Waals surface area contributed by atoms with Crippen molar-refractivity contribution in [1.29, 1.82) is 0 Å². The first-order valence-corrected chi connectivity index (χ1v) is 4.91. The third-order valence-electron chi connectivity index (χ3n) is 1.35. The van der Waals surface area contributed by atoms with Crippen molar-refractivity contribution in [2.24, 2.45) is 0 Å². The first-order chi connectivity index (χ1) is 5.29. The van der Waals surface area contributed by atoms with Crippen LogP contribution < -0.4 is 0 Å². The highest BCUT2D eigenvalue weighted by Gasteiger charge is 1.86. The predicted octanol–water partition coefficient (Wildman–Crippen LogP) is 3.52. The van der Waals surface area contributed by atoms with Crippen LogP contribution in [0.5, 0.6) is 0 Å². The van der Waals surface area contributed by atoms with Crippen LogP contribution >= 0.6 is 22.6 Å². The normalized spacial score (nSPS) is 13.6. The minimum Gasteiger partial charge on any atom is -0.0784 e. The molecule has 1 atom stereocenters. The van der Waals surface area contributed by atoms with Gasteiger partial charge >= 0.3 is 0 Å². The predicted molar refractivity (Wildman–Crippen MR) is 59.0 cm³/mol. The first-order valence-electron chi connectivity index (χ1n) is 3.66. The Morgan fingerprint density at radius 1 is 1.27 bits per heavy atom. The fraction of sp³-hybridized carbons (Fsp3) is 0.200. The van der Waals surface area contributed by atoms with E-state index in [1.54, 1.807) is 0 Å². The quantitative estimate of drug-likeness (QED) is 0.562. The van der Waals surface area contributed by atoms with Gasteiger partial charge in [-0.15, -0.1) is 0 Å². The van der Waals surface area contributed by atoms with E-state index in [-0.39, 0.29) is 0 Å². The number of allylic oxidation sites excluding steroid dienone is 1. The van der Waals surface area contributed by atoms with E-state index in [1.165, 1.54) is 5.56 Å². The molecule has 1 rings (SSSR count). The van der Waals surface area contributed by atoms with Crippen LogP contribution in [0.3, 0.4) is 0 Å². The second-order valence-corrected chi connectivity index (χ2v) is 4.41. The molecule has 0 aliphatic heterocycles. The molecule has 1 aromatic carbocycles. The second kappa shape index (κ2) is 4.54. The van der Waals surface area contributed by atoms with Crippen molar-refractivity contribution >= 4 is 28.7 Å². The van der Waals surface area contributed by atoms with Gasteiger partial charge in [-0.3, -0.25) is 0 Å². The van der Waals surface area contributed by atoms with E-state index in [2.05, 4.69) is 65.9 Å². The zero-order valence-corrected chi connectivity index (χ0v) is 8.65. The Bertz CT molecular complexity index is 224. The van der Waals surface area contributed by atoms with Crippen LogP contribution in [0.2, 0.25) is 0 Å². The van der Waals surface area contributed by atoms with Gasteiger partial charge in [0.2, 0.25) is 0 Å². The summed E-state index contributed by atoms with van der Waals surface area (Å²) in [6, 6.07) is 10.4. The molecule has 0 N–H and O–H groups in total. The Morgan fingerprint density at radius 2 is 1.91 bits per heavy atom. The van der Waals surface area contributed by atoms with E-state index < -0.39 is 0 Å². The van der Waals surface area contributed by atoms with E-state index in [9.17, 15) is 0 Å². The van der Waals surface area contributed by atoms with Crippen LogP contribution in [0.15, 0.2) is 36.4 Å². The van der Waals surface area contributed by atoms with E-state index in [0.29, 0.717) is 3.92 Å². The van der Waals surface area contributed by atoms with Crippen LogP contribution in [-0.2, 0) is 0 Å². The van der Waals surface area contributed by atoms with Gasteiger partial charge in [0, 0.05) is 3.92 Å². The van der Waals surface area contributed by atoms with Gasteiger partial charge in [0.05, 0.1) is 0 Å². The molecule has 1 heteroatoms. The molecule has 0 saturated carbocycles. The number of halogens is 1. The third kappa shape index (κ3) is 3.56. The highest BCUT2D eigenvalue weighted by atomic mass is 127. The van der Waals surface area contributed by atoms with Gasteiger partial charge in [0.15, 0.2) is 0 Å². The monoisotopic (exact) mass is 258 g/mol. The molecule has 11 heavy (non-hydrogen) atoms. The van der Waals surface area contributed by atoms with E-state index >= 15 is 0 Å². The summed E-state index contributed by atoms with van der Waals surface area (Å²) < 4.78 is 0.604. The summed E-state index contributed by atoms with van der Waals surface area (Å²) in [6.07, 6.45) is 4.34. The smallest absolute Gasteiger partial charge is 0.0264 e. The number of hydrogen-bond acceptors (Lipinski definition) is 0. The summed E-state index contributed by atoms with van der Waals surface area (Å²) in [6.45, 7) is 2.17. The largest absolute Gasteiger partial charge is 0.0784 e. The average molecular weight is 258 g/mol. The molecule has 0 fully saturated rings. The maximum Gasteiger partial charge on any atom is 0.0264 e. The number of hydrogen-bond donors (Lipinski definition) is 0. The zero-order valence-electron chi connectivity index (χ0n) is 6.50. The number of rotatable bonds is 2. The Hall–Kier alpha value is -0.310. The molecule has 1 aromatic rings. The van der Waals surface area contributed by atoms with Crippen molar-refractivity contribution in [3.05, 3.63) is 42.0 Å². The van der Waals surface area contributed by atoms with Crippen molar-refractivity contribution in [1.82, 2.24) is 0 Å². The molecular formula is C10H11I. The fourth-order valence-electron chi connectivity index (χ4n) is 0.808. The maximum absolute atomic E-state index is 2.38. The lowest BCUT2D eigenvalue weighted by Gasteiger charge is -1.92. The van der Waals surface area contributed by atoms with Crippen LogP contribution in [0, 0.1) is 0 Å². The van der Waals surface area contributed by atoms with Gasteiger partial charge in [0.25, 0.3) is 0 Å². The number of benzene rings is 1. The second-order valence-electron chi connectivity index (χ2n) is 2.45. The summed E-state index contributed by atoms with van der Waals surface area (Å²) in [7, 11) is 0. The van der Waals surface area contributed by atoms with E-state index in [0.717, 1.165) is 0 Å². The first kappa shape index (κ1) is 8.78. The SMILES string of the molecule is CC(I)/C=C/c1ccccc1. The number of alkyl halides is 1. The van der Waals surface area contributed by atoms with Gasteiger partial charge in [0.1, 0.15) is 0 Å². The molecule has 0 nitrogen and oxygen atoms in total. The minimum absolute atomic E-state index is 0.604. The van der Waals surface area contributed by atoms with Gasteiger partial charge in [-0.25, -0.2) is 0 Å². The molecule has 0 bridgehead atoms. The lowest BCUT2D eigenvalue weighted by Crippen LogP contribution is -1.78. The Morgan fingerprint density at radius 3 is 2.45 bits per heavy atom. The van der Waals surface area contributed by atoms with Crippen LogP contribution in [0.25, 0.3) is 6.08 Å². The van der Waals surface area contributed by atoms with Crippen LogP contribution in [0.4, 0.5) is 0 Å². The molecular weight excluding hydrogens is 247 g/mol. The third-order valence-corrected chi connectivity index (χ3v) is 1.77. The topological polar surface area (TPSA) is 0 Å². The highest BCUT2D eigenvalue weighted by Crippen LogP contribution is 2.05. The van der Waals surface area contributed by atoms with Gasteiger partial charge < -0.3 is 0 Å². The molecule has 0 amide bonds. The molecule has 0 spiro atoms. The van der Waals surface area contributed by atoms with Crippen LogP contribution in [0.1, 0.15) is 12.5 Å². The Labute approximate surface area is 81.5 Å². The summed E-state index contributed by atoms with van der Waals surface area (Å²) >= 11 is 2.38. The minimum atomic E-state index is 0.604. The van der Waals surface area contributed by atoms with Gasteiger partial charge in [-0.1, -0.05) is 65.1 Å². The molecule has 1 unspecified atom stereocenters. The summed E-state index contributed by atoms with van der Waals surface area (Å²) in [5.74, 6) is 0. The van der Waals surface area contributed by atoms with Crippen molar-refractivity contribution in [2.45, 2.75) is 10.8 Å². The van der Waals surface area contributed by atoms with Crippen molar-refractivity contribution in [3.63, 3.8) is 0 Å². The molecule has 0 heterocycles. The summed E-state index contributed by atoms with van der Waals surface area (Å²) in [5, 5.41) is 0. The molecule has 0 aliphatic rings. The van der Waals surface area contributed by atoms with Gasteiger partial charge in [-0.05, 0) is 12.5 Å². The van der Waals surface area contributed by atoms with Crippen molar-refractivity contribution in [3.8, 4) is 0 Å². The highest BCUT2D eigenvalue weighted by molar-refractivity contribution is 14.1. The van der Waals surface area contributed by atoms with E-state index in [1.807, 2.05) is 6.07 Å². The maximum atomic E-state index is 2.38. The lowest BCUT2D eigenvalue weighted by molar-refractivity contribution is 1.31. The standard InChI is InChI=1S/C10H11I/c1-9(11)7-8-10-5-3-2-4-6-10/h2-9H,1H3/b8-7+. The fourth-order valence-corrected chi connectivity index (χ4v) is 1.02.